The minimum Gasteiger partial charge on any atom is -0.378 e. The summed E-state index contributed by atoms with van der Waals surface area (Å²) in [6.07, 6.45) is 5.91. The standard InChI is InChI=1S/C11H23NO/c1-4-5-6-10-7-9(2)12(3)11(13)8-10/h9-11,13H,4-8H2,1-3H3/t9-,10-,11-/m1/s1. The Kier molecular flexibility index (Phi) is 4.20. The van der Waals surface area contributed by atoms with Gasteiger partial charge in [-0.3, -0.25) is 4.90 Å². The van der Waals surface area contributed by atoms with Gasteiger partial charge in [0.2, 0.25) is 0 Å². The number of aliphatic hydroxyl groups is 1. The summed E-state index contributed by atoms with van der Waals surface area (Å²) in [5.41, 5.74) is 0. The molecule has 0 unspecified atom stereocenters. The van der Waals surface area contributed by atoms with Crippen LogP contribution in [0.3, 0.4) is 0 Å². The zero-order valence-corrected chi connectivity index (χ0v) is 9.16. The molecule has 0 amide bonds. The van der Waals surface area contributed by atoms with E-state index < -0.39 is 0 Å². The second kappa shape index (κ2) is 4.97. The van der Waals surface area contributed by atoms with Crippen molar-refractivity contribution in [2.75, 3.05) is 7.05 Å². The molecule has 0 saturated carbocycles. The predicted molar refractivity (Wildman–Crippen MR) is 55.5 cm³/mol. The molecule has 1 fully saturated rings. The third-order valence-electron chi connectivity index (χ3n) is 3.35. The van der Waals surface area contributed by atoms with Crippen molar-refractivity contribution in [2.24, 2.45) is 5.92 Å². The molecule has 0 aliphatic carbocycles. The third kappa shape index (κ3) is 2.96. The zero-order chi connectivity index (χ0) is 9.84. The van der Waals surface area contributed by atoms with Crippen LogP contribution in [0.25, 0.3) is 0 Å². The molecule has 0 aromatic carbocycles. The van der Waals surface area contributed by atoms with E-state index in [2.05, 4.69) is 18.7 Å². The Hall–Kier alpha value is -0.0800. The average molecular weight is 185 g/mol. The van der Waals surface area contributed by atoms with Crippen LogP contribution in [0.1, 0.15) is 46.0 Å². The van der Waals surface area contributed by atoms with E-state index in [9.17, 15) is 5.11 Å². The Morgan fingerprint density at radius 1 is 1.38 bits per heavy atom. The Labute approximate surface area is 81.9 Å². The van der Waals surface area contributed by atoms with Gasteiger partial charge in [0, 0.05) is 6.04 Å². The largest absolute Gasteiger partial charge is 0.378 e. The molecule has 0 spiro atoms. The molecule has 1 saturated heterocycles. The highest BCUT2D eigenvalue weighted by Gasteiger charge is 2.28. The van der Waals surface area contributed by atoms with E-state index >= 15 is 0 Å². The maximum atomic E-state index is 9.74. The molecule has 0 bridgehead atoms. The highest BCUT2D eigenvalue weighted by atomic mass is 16.3. The van der Waals surface area contributed by atoms with Gasteiger partial charge in [0.25, 0.3) is 0 Å². The van der Waals surface area contributed by atoms with Crippen molar-refractivity contribution in [1.29, 1.82) is 0 Å². The fourth-order valence-electron chi connectivity index (χ4n) is 2.23. The number of rotatable bonds is 3. The van der Waals surface area contributed by atoms with Crippen LogP contribution in [0.5, 0.6) is 0 Å². The summed E-state index contributed by atoms with van der Waals surface area (Å²) < 4.78 is 0. The summed E-state index contributed by atoms with van der Waals surface area (Å²) in [5.74, 6) is 0.751. The van der Waals surface area contributed by atoms with Crippen molar-refractivity contribution >= 4 is 0 Å². The smallest absolute Gasteiger partial charge is 0.107 e. The van der Waals surface area contributed by atoms with Crippen LogP contribution in [0.4, 0.5) is 0 Å². The summed E-state index contributed by atoms with van der Waals surface area (Å²) in [6, 6.07) is 0.547. The number of hydrogen-bond donors (Lipinski definition) is 1. The van der Waals surface area contributed by atoms with Gasteiger partial charge in [-0.05, 0) is 32.7 Å². The van der Waals surface area contributed by atoms with Gasteiger partial charge in [-0.15, -0.1) is 0 Å². The molecule has 1 N–H and O–H groups in total. The monoisotopic (exact) mass is 185 g/mol. The summed E-state index contributed by atoms with van der Waals surface area (Å²) in [5, 5.41) is 9.74. The summed E-state index contributed by atoms with van der Waals surface area (Å²) in [4.78, 5) is 2.09. The third-order valence-corrected chi connectivity index (χ3v) is 3.35. The number of nitrogens with zero attached hydrogens (tertiary/aromatic N) is 1. The molecule has 1 aliphatic heterocycles. The molecule has 2 nitrogen and oxygen atoms in total. The molecule has 1 aliphatic rings. The van der Waals surface area contributed by atoms with Crippen molar-refractivity contribution in [3.63, 3.8) is 0 Å². The van der Waals surface area contributed by atoms with E-state index in [-0.39, 0.29) is 6.23 Å². The molecular formula is C11H23NO. The van der Waals surface area contributed by atoms with E-state index in [1.54, 1.807) is 0 Å². The Morgan fingerprint density at radius 3 is 2.62 bits per heavy atom. The van der Waals surface area contributed by atoms with Crippen LogP contribution < -0.4 is 0 Å². The minimum absolute atomic E-state index is 0.203. The highest BCUT2D eigenvalue weighted by Crippen LogP contribution is 2.28. The molecule has 2 heteroatoms. The van der Waals surface area contributed by atoms with Gasteiger partial charge in [0.1, 0.15) is 6.23 Å². The topological polar surface area (TPSA) is 23.5 Å². The van der Waals surface area contributed by atoms with Gasteiger partial charge in [-0.2, -0.15) is 0 Å². The van der Waals surface area contributed by atoms with Crippen LogP contribution in [-0.4, -0.2) is 29.3 Å². The van der Waals surface area contributed by atoms with Crippen LogP contribution >= 0.6 is 0 Å². The van der Waals surface area contributed by atoms with E-state index in [1.165, 1.54) is 25.7 Å². The van der Waals surface area contributed by atoms with Crippen molar-refractivity contribution < 1.29 is 5.11 Å². The molecule has 0 aromatic heterocycles. The number of hydrogen-bond acceptors (Lipinski definition) is 2. The second-order valence-corrected chi connectivity index (χ2v) is 4.47. The van der Waals surface area contributed by atoms with E-state index in [0.717, 1.165) is 12.3 Å². The van der Waals surface area contributed by atoms with Crippen LogP contribution in [0, 0.1) is 5.92 Å². The summed E-state index contributed by atoms with van der Waals surface area (Å²) >= 11 is 0. The summed E-state index contributed by atoms with van der Waals surface area (Å²) in [7, 11) is 2.02. The first-order valence-electron chi connectivity index (χ1n) is 5.55. The average Bonchev–Trinajstić information content (AvgIpc) is 2.10. The second-order valence-electron chi connectivity index (χ2n) is 4.47. The van der Waals surface area contributed by atoms with Gasteiger partial charge in [-0.1, -0.05) is 26.2 Å². The highest BCUT2D eigenvalue weighted by molar-refractivity contribution is 4.79. The maximum absolute atomic E-state index is 9.74. The SMILES string of the molecule is CCCC[C@@H]1C[C@@H](C)N(C)[C@H](O)C1. The lowest BCUT2D eigenvalue weighted by atomic mass is 9.87. The Bertz CT molecular complexity index is 137. The van der Waals surface area contributed by atoms with Crippen molar-refractivity contribution in [3.8, 4) is 0 Å². The fourth-order valence-corrected chi connectivity index (χ4v) is 2.23. The Morgan fingerprint density at radius 2 is 2.08 bits per heavy atom. The number of piperidine rings is 1. The van der Waals surface area contributed by atoms with Crippen molar-refractivity contribution in [1.82, 2.24) is 4.90 Å². The predicted octanol–water partition coefficient (Wildman–Crippen LogP) is 2.23. The van der Waals surface area contributed by atoms with Gasteiger partial charge in [0.15, 0.2) is 0 Å². The molecule has 3 atom stereocenters. The Balaban J connectivity index is 2.35. The normalized spacial score (nSPS) is 36.5. The van der Waals surface area contributed by atoms with Crippen LogP contribution in [0.2, 0.25) is 0 Å². The first-order chi connectivity index (χ1) is 6.15. The number of unbranched alkanes of at least 4 members (excludes halogenated alkanes) is 1. The lowest BCUT2D eigenvalue weighted by molar-refractivity contribution is -0.0550. The summed E-state index contributed by atoms with van der Waals surface area (Å²) in [6.45, 7) is 4.44. The molecule has 1 heterocycles. The maximum Gasteiger partial charge on any atom is 0.107 e. The molecular weight excluding hydrogens is 162 g/mol. The van der Waals surface area contributed by atoms with E-state index in [1.807, 2.05) is 7.05 Å². The zero-order valence-electron chi connectivity index (χ0n) is 9.16. The van der Waals surface area contributed by atoms with E-state index in [0.29, 0.717) is 6.04 Å². The first-order valence-corrected chi connectivity index (χ1v) is 5.55. The van der Waals surface area contributed by atoms with Gasteiger partial charge < -0.3 is 5.11 Å². The number of likely N-dealkylation sites (tertiary alicyclic amines) is 1. The van der Waals surface area contributed by atoms with Crippen molar-refractivity contribution in [3.05, 3.63) is 0 Å². The molecule has 13 heavy (non-hydrogen) atoms. The molecule has 78 valence electrons. The fraction of sp³-hybridized carbons (Fsp3) is 1.00. The molecule has 1 rings (SSSR count). The first kappa shape index (κ1) is 11.0. The van der Waals surface area contributed by atoms with Gasteiger partial charge >= 0.3 is 0 Å². The lowest BCUT2D eigenvalue weighted by Crippen LogP contribution is -2.45. The number of aliphatic hydroxyl groups excluding tert-OH is 1. The minimum atomic E-state index is -0.203. The van der Waals surface area contributed by atoms with Crippen molar-refractivity contribution in [2.45, 2.75) is 58.2 Å². The van der Waals surface area contributed by atoms with Gasteiger partial charge in [0.05, 0.1) is 0 Å². The van der Waals surface area contributed by atoms with Crippen LogP contribution in [0.15, 0.2) is 0 Å². The van der Waals surface area contributed by atoms with Crippen LogP contribution in [-0.2, 0) is 0 Å². The molecule has 0 aromatic rings. The quantitative estimate of drug-likeness (QED) is 0.729. The molecule has 0 radical (unpaired) electrons. The van der Waals surface area contributed by atoms with E-state index in [4.69, 9.17) is 0 Å². The van der Waals surface area contributed by atoms with Gasteiger partial charge in [-0.25, -0.2) is 0 Å². The lowest BCUT2D eigenvalue weighted by Gasteiger charge is -2.39.